The number of methoxy groups -OCH3 is 4. The van der Waals surface area contributed by atoms with Gasteiger partial charge in [-0.2, -0.15) is 4.68 Å². The van der Waals surface area contributed by atoms with Crippen LogP contribution in [0.4, 0.5) is 0 Å². The van der Waals surface area contributed by atoms with Gasteiger partial charge in [-0.05, 0) is 28.6 Å². The summed E-state index contributed by atoms with van der Waals surface area (Å²) in [4.78, 5) is 0. The minimum atomic E-state index is -0.00978. The molecule has 1 N–H and O–H groups in total. The Labute approximate surface area is 149 Å². The average Bonchev–Trinajstić information content (AvgIpc) is 3.16. The first kappa shape index (κ1) is 17.3. The normalized spacial score (nSPS) is 10.5. The van der Waals surface area contributed by atoms with E-state index in [0.717, 1.165) is 0 Å². The molecule has 0 bridgehead atoms. The molecule has 136 valence electrons. The van der Waals surface area contributed by atoms with E-state index in [2.05, 4.69) is 15.5 Å². The van der Waals surface area contributed by atoms with Crippen molar-refractivity contribution in [3.05, 3.63) is 30.3 Å². The third-order valence-electron chi connectivity index (χ3n) is 3.80. The van der Waals surface area contributed by atoms with Crippen LogP contribution in [-0.4, -0.2) is 53.8 Å². The van der Waals surface area contributed by atoms with Gasteiger partial charge in [-0.3, -0.25) is 0 Å². The van der Waals surface area contributed by atoms with Crippen LogP contribution < -0.4 is 18.9 Å². The van der Waals surface area contributed by atoms with Crippen molar-refractivity contribution in [1.82, 2.24) is 20.2 Å². The van der Waals surface area contributed by atoms with Crippen LogP contribution in [0.1, 0.15) is 0 Å². The zero-order valence-corrected chi connectivity index (χ0v) is 14.8. The summed E-state index contributed by atoms with van der Waals surface area (Å²) in [7, 11) is 6.07. The monoisotopic (exact) mass is 358 g/mol. The minimum Gasteiger partial charge on any atom is -0.504 e. The molecule has 0 aliphatic rings. The summed E-state index contributed by atoms with van der Waals surface area (Å²) in [5, 5.41) is 21.8. The van der Waals surface area contributed by atoms with Gasteiger partial charge in [0.05, 0.1) is 34.1 Å². The zero-order chi connectivity index (χ0) is 18.7. The largest absolute Gasteiger partial charge is 0.504 e. The van der Waals surface area contributed by atoms with E-state index in [4.69, 9.17) is 18.9 Å². The summed E-state index contributed by atoms with van der Waals surface area (Å²) in [6.45, 7) is 0. The maximum atomic E-state index is 10.0. The number of hydrogen-bond acceptors (Lipinski definition) is 8. The summed E-state index contributed by atoms with van der Waals surface area (Å²) in [5.74, 6) is 2.19. The molecule has 9 heteroatoms. The van der Waals surface area contributed by atoms with Crippen LogP contribution in [-0.2, 0) is 0 Å². The first-order valence-electron chi connectivity index (χ1n) is 7.59. The quantitative estimate of drug-likeness (QED) is 0.715. The lowest BCUT2D eigenvalue weighted by Gasteiger charge is -2.14. The fourth-order valence-electron chi connectivity index (χ4n) is 2.56. The Morgan fingerprint density at radius 3 is 2.04 bits per heavy atom. The average molecular weight is 358 g/mol. The molecule has 0 fully saturated rings. The second kappa shape index (κ2) is 7.18. The molecule has 0 atom stereocenters. The van der Waals surface area contributed by atoms with Crippen molar-refractivity contribution in [3.8, 4) is 45.8 Å². The molecular formula is C17H18N4O5. The van der Waals surface area contributed by atoms with Crippen molar-refractivity contribution < 1.29 is 24.1 Å². The Morgan fingerprint density at radius 2 is 1.50 bits per heavy atom. The van der Waals surface area contributed by atoms with Crippen LogP contribution >= 0.6 is 0 Å². The number of tetrazole rings is 1. The van der Waals surface area contributed by atoms with Gasteiger partial charge in [-0.15, -0.1) is 5.10 Å². The predicted molar refractivity (Wildman–Crippen MR) is 92.5 cm³/mol. The van der Waals surface area contributed by atoms with Crippen LogP contribution in [0, 0.1) is 0 Å². The van der Waals surface area contributed by atoms with E-state index in [0.29, 0.717) is 40.1 Å². The van der Waals surface area contributed by atoms with Gasteiger partial charge < -0.3 is 24.1 Å². The molecule has 0 amide bonds. The minimum absolute atomic E-state index is 0.00978. The van der Waals surface area contributed by atoms with Gasteiger partial charge in [0.15, 0.2) is 28.8 Å². The van der Waals surface area contributed by atoms with Gasteiger partial charge in [-0.1, -0.05) is 0 Å². The number of rotatable bonds is 6. The van der Waals surface area contributed by atoms with Crippen molar-refractivity contribution in [3.63, 3.8) is 0 Å². The van der Waals surface area contributed by atoms with Crippen molar-refractivity contribution in [2.45, 2.75) is 0 Å². The number of hydrogen-bond donors (Lipinski definition) is 1. The molecule has 1 aromatic heterocycles. The Balaban J connectivity index is 2.13. The Bertz CT molecular complexity index is 900. The second-order valence-corrected chi connectivity index (χ2v) is 5.18. The van der Waals surface area contributed by atoms with E-state index in [9.17, 15) is 5.11 Å². The number of benzene rings is 2. The third-order valence-corrected chi connectivity index (χ3v) is 3.80. The molecule has 0 unspecified atom stereocenters. The Kier molecular flexibility index (Phi) is 4.78. The Hall–Kier alpha value is -3.49. The molecule has 9 nitrogen and oxygen atoms in total. The van der Waals surface area contributed by atoms with Crippen molar-refractivity contribution >= 4 is 0 Å². The summed E-state index contributed by atoms with van der Waals surface area (Å²) >= 11 is 0. The molecule has 0 spiro atoms. The second-order valence-electron chi connectivity index (χ2n) is 5.18. The first-order chi connectivity index (χ1) is 12.6. The van der Waals surface area contributed by atoms with E-state index in [1.807, 2.05) is 0 Å². The van der Waals surface area contributed by atoms with Gasteiger partial charge in [0.2, 0.25) is 5.75 Å². The van der Waals surface area contributed by atoms with Crippen molar-refractivity contribution in [2.24, 2.45) is 0 Å². The number of aromatic hydroxyl groups is 1. The molecule has 3 rings (SSSR count). The summed E-state index contributed by atoms with van der Waals surface area (Å²) in [5.41, 5.74) is 1.22. The molecule has 3 aromatic rings. The topological polar surface area (TPSA) is 101 Å². The third kappa shape index (κ3) is 2.94. The van der Waals surface area contributed by atoms with E-state index < -0.39 is 0 Å². The van der Waals surface area contributed by atoms with E-state index >= 15 is 0 Å². The SMILES string of the molecule is COc1ccc(-c2nnnn2-c2cc(OC)c(OC)c(OC)c2)cc1O. The molecule has 0 saturated heterocycles. The summed E-state index contributed by atoms with van der Waals surface area (Å²) < 4.78 is 22.6. The van der Waals surface area contributed by atoms with Gasteiger partial charge >= 0.3 is 0 Å². The smallest absolute Gasteiger partial charge is 0.203 e. The zero-order valence-electron chi connectivity index (χ0n) is 14.8. The fraction of sp³-hybridized carbons (Fsp3) is 0.235. The maximum Gasteiger partial charge on any atom is 0.203 e. The Morgan fingerprint density at radius 1 is 0.846 bits per heavy atom. The van der Waals surface area contributed by atoms with Crippen molar-refractivity contribution in [2.75, 3.05) is 28.4 Å². The fourth-order valence-corrected chi connectivity index (χ4v) is 2.56. The van der Waals surface area contributed by atoms with Crippen LogP contribution in [0.5, 0.6) is 28.7 Å². The van der Waals surface area contributed by atoms with Crippen LogP contribution in [0.3, 0.4) is 0 Å². The molecule has 26 heavy (non-hydrogen) atoms. The van der Waals surface area contributed by atoms with Gasteiger partial charge in [0.25, 0.3) is 0 Å². The molecule has 1 heterocycles. The van der Waals surface area contributed by atoms with Crippen LogP contribution in [0.15, 0.2) is 30.3 Å². The molecule has 0 aliphatic heterocycles. The maximum absolute atomic E-state index is 10.0. The number of nitrogens with zero attached hydrogens (tertiary/aromatic N) is 4. The van der Waals surface area contributed by atoms with Gasteiger partial charge in [0, 0.05) is 17.7 Å². The van der Waals surface area contributed by atoms with E-state index in [1.165, 1.54) is 39.2 Å². The molecule has 0 saturated carbocycles. The van der Waals surface area contributed by atoms with Gasteiger partial charge in [-0.25, -0.2) is 0 Å². The molecule has 0 aliphatic carbocycles. The lowest BCUT2D eigenvalue weighted by atomic mass is 10.2. The number of ether oxygens (including phenoxy) is 4. The van der Waals surface area contributed by atoms with Crippen molar-refractivity contribution in [1.29, 1.82) is 0 Å². The summed E-state index contributed by atoms with van der Waals surface area (Å²) in [6, 6.07) is 8.37. The van der Waals surface area contributed by atoms with Gasteiger partial charge in [0.1, 0.15) is 0 Å². The van der Waals surface area contributed by atoms with E-state index in [1.54, 1.807) is 24.3 Å². The highest BCUT2D eigenvalue weighted by atomic mass is 16.5. The molecule has 2 aromatic carbocycles. The number of phenolic OH excluding ortho intramolecular Hbond substituents is 1. The standard InChI is InChI=1S/C17H18N4O5/c1-23-13-6-5-10(7-12(13)22)17-18-19-20-21(17)11-8-14(24-2)16(26-4)15(9-11)25-3/h5-9,22H,1-4H3. The highest BCUT2D eigenvalue weighted by Gasteiger charge is 2.18. The van der Waals surface area contributed by atoms with E-state index in [-0.39, 0.29) is 5.75 Å². The summed E-state index contributed by atoms with van der Waals surface area (Å²) in [6.07, 6.45) is 0. The lowest BCUT2D eigenvalue weighted by molar-refractivity contribution is 0.324. The highest BCUT2D eigenvalue weighted by molar-refractivity contribution is 5.64. The number of phenols is 1. The highest BCUT2D eigenvalue weighted by Crippen LogP contribution is 2.40. The van der Waals surface area contributed by atoms with Crippen LogP contribution in [0.2, 0.25) is 0 Å². The molecular weight excluding hydrogens is 340 g/mol. The van der Waals surface area contributed by atoms with Crippen LogP contribution in [0.25, 0.3) is 17.1 Å². The number of aromatic nitrogens is 4. The first-order valence-corrected chi connectivity index (χ1v) is 7.59. The predicted octanol–water partition coefficient (Wildman–Crippen LogP) is 2.07. The molecule has 0 radical (unpaired) electrons. The lowest BCUT2D eigenvalue weighted by Crippen LogP contribution is -2.03.